The van der Waals surface area contributed by atoms with Gasteiger partial charge in [0.1, 0.15) is 0 Å². The second-order valence-electron chi connectivity index (χ2n) is 9.45. The Morgan fingerprint density at radius 2 is 2.09 bits per heavy atom. The number of esters is 1. The molecule has 1 N–H and O–H groups in total. The molecule has 0 amide bonds. The minimum atomic E-state index is -0.624. The number of rotatable bonds is 7. The number of carbonyl (C=O) groups is 1. The number of aryl methyl sites for hydroxylation is 1. The normalized spacial score (nSPS) is 21.5. The van der Waals surface area contributed by atoms with Crippen LogP contribution in [-0.2, 0) is 22.4 Å². The molecule has 34 heavy (non-hydrogen) atoms. The van der Waals surface area contributed by atoms with E-state index in [-0.39, 0.29) is 17.9 Å². The molecule has 1 aliphatic heterocycles. The fourth-order valence-corrected chi connectivity index (χ4v) is 5.36. The van der Waals surface area contributed by atoms with Crippen LogP contribution in [0.4, 0.5) is 0 Å². The Morgan fingerprint density at radius 3 is 2.74 bits per heavy atom. The summed E-state index contributed by atoms with van der Waals surface area (Å²) < 4.78 is 5.45. The first-order valence-corrected chi connectivity index (χ1v) is 11.8. The number of imidazole rings is 1. The molecule has 176 valence electrons. The summed E-state index contributed by atoms with van der Waals surface area (Å²) in [5, 5.41) is 9.18. The van der Waals surface area contributed by atoms with E-state index in [1.54, 1.807) is 6.33 Å². The Hall–Kier alpha value is -3.43. The monoisotopic (exact) mass is 456 g/mol. The fraction of sp³-hybridized carbons (Fsp3) is 0.393. The van der Waals surface area contributed by atoms with Crippen molar-refractivity contribution < 1.29 is 9.53 Å². The van der Waals surface area contributed by atoms with Gasteiger partial charge in [0.2, 0.25) is 0 Å². The van der Waals surface area contributed by atoms with Gasteiger partial charge in [-0.2, -0.15) is 5.26 Å². The standard InChI is InChI=1S/C28H32N4O2/c1-20-5-4-6-24(13-20)15-28(27(33)34-3)11-12-32(21(2)26-17-30-19-31-26)18-25(28)14-22-7-9-23(16-29)10-8-22/h4-10,13,17,19,21,25H,11-12,14-15,18H2,1-3H3,(H,30,31). The first kappa shape index (κ1) is 23.7. The van der Waals surface area contributed by atoms with Gasteiger partial charge < -0.3 is 9.72 Å². The number of benzene rings is 2. The van der Waals surface area contributed by atoms with Crippen LogP contribution < -0.4 is 0 Å². The van der Waals surface area contributed by atoms with Gasteiger partial charge in [0.25, 0.3) is 0 Å². The number of hydrogen-bond donors (Lipinski definition) is 1. The van der Waals surface area contributed by atoms with E-state index in [1.165, 1.54) is 12.7 Å². The lowest BCUT2D eigenvalue weighted by Crippen LogP contribution is -2.54. The quantitative estimate of drug-likeness (QED) is 0.525. The number of H-pyrrole nitrogens is 1. The number of piperidine rings is 1. The molecule has 4 rings (SSSR count). The van der Waals surface area contributed by atoms with Crippen LogP contribution in [0.1, 0.15) is 47.3 Å². The summed E-state index contributed by atoms with van der Waals surface area (Å²) in [6.45, 7) is 5.82. The highest BCUT2D eigenvalue weighted by Crippen LogP contribution is 2.44. The van der Waals surface area contributed by atoms with Gasteiger partial charge in [-0.05, 0) is 68.8 Å². The van der Waals surface area contributed by atoms with Crippen molar-refractivity contribution in [2.75, 3.05) is 20.2 Å². The van der Waals surface area contributed by atoms with Gasteiger partial charge in [-0.25, -0.2) is 4.98 Å². The molecule has 0 aliphatic carbocycles. The number of likely N-dealkylation sites (tertiary alicyclic amines) is 1. The average molecular weight is 457 g/mol. The molecule has 2 aromatic carbocycles. The predicted octanol–water partition coefficient (Wildman–Crippen LogP) is 4.62. The summed E-state index contributed by atoms with van der Waals surface area (Å²) in [4.78, 5) is 23.3. The molecule has 1 fully saturated rings. The van der Waals surface area contributed by atoms with E-state index < -0.39 is 5.41 Å². The lowest BCUT2D eigenvalue weighted by molar-refractivity contribution is -0.161. The number of nitriles is 1. The van der Waals surface area contributed by atoms with Crippen LogP contribution in [0.5, 0.6) is 0 Å². The lowest BCUT2D eigenvalue weighted by atomic mass is 9.64. The molecule has 0 bridgehead atoms. The van der Waals surface area contributed by atoms with E-state index >= 15 is 0 Å². The van der Waals surface area contributed by atoms with Crippen LogP contribution in [-0.4, -0.2) is 41.0 Å². The van der Waals surface area contributed by atoms with E-state index in [4.69, 9.17) is 4.74 Å². The molecule has 6 nitrogen and oxygen atoms in total. The predicted molar refractivity (Wildman–Crippen MR) is 131 cm³/mol. The zero-order chi connectivity index (χ0) is 24.1. The maximum atomic E-state index is 13.5. The second-order valence-corrected chi connectivity index (χ2v) is 9.45. The number of carbonyl (C=O) groups excluding carboxylic acids is 1. The summed E-state index contributed by atoms with van der Waals surface area (Å²) in [7, 11) is 1.50. The maximum Gasteiger partial charge on any atom is 0.312 e. The molecular weight excluding hydrogens is 424 g/mol. The molecule has 1 saturated heterocycles. The van der Waals surface area contributed by atoms with Crippen molar-refractivity contribution in [1.82, 2.24) is 14.9 Å². The third-order valence-electron chi connectivity index (χ3n) is 7.36. The molecule has 3 aromatic rings. The Kier molecular flexibility index (Phi) is 7.14. The minimum absolute atomic E-state index is 0.0486. The SMILES string of the molecule is COC(=O)C1(Cc2cccc(C)c2)CCN(C(C)c2cnc[nH]2)CC1Cc1ccc(C#N)cc1. The van der Waals surface area contributed by atoms with Gasteiger partial charge in [-0.3, -0.25) is 9.69 Å². The Balaban J connectivity index is 1.70. The molecule has 0 radical (unpaired) electrons. The largest absolute Gasteiger partial charge is 0.469 e. The third kappa shape index (κ3) is 4.90. The van der Waals surface area contributed by atoms with Crippen molar-refractivity contribution in [1.29, 1.82) is 5.26 Å². The van der Waals surface area contributed by atoms with Gasteiger partial charge in [0.05, 0.1) is 36.2 Å². The maximum absolute atomic E-state index is 13.5. The smallest absolute Gasteiger partial charge is 0.312 e. The number of nitrogens with zero attached hydrogens (tertiary/aromatic N) is 3. The lowest BCUT2D eigenvalue weighted by Gasteiger charge is -2.48. The molecule has 6 heteroatoms. The third-order valence-corrected chi connectivity index (χ3v) is 7.36. The molecular formula is C28H32N4O2. The second kappa shape index (κ2) is 10.2. The van der Waals surface area contributed by atoms with Crippen LogP contribution in [0.15, 0.2) is 61.1 Å². The number of aromatic amines is 1. The number of ether oxygens (including phenoxy) is 1. The molecule has 3 atom stereocenters. The topological polar surface area (TPSA) is 82.0 Å². The molecule has 0 spiro atoms. The van der Waals surface area contributed by atoms with E-state index in [2.05, 4.69) is 59.1 Å². The summed E-state index contributed by atoms with van der Waals surface area (Å²) in [6, 6.07) is 18.5. The highest BCUT2D eigenvalue weighted by Gasteiger charge is 2.50. The first-order valence-electron chi connectivity index (χ1n) is 11.8. The average Bonchev–Trinajstić information content (AvgIpc) is 3.40. The molecule has 0 saturated carbocycles. The first-order chi connectivity index (χ1) is 16.4. The van der Waals surface area contributed by atoms with Crippen molar-refractivity contribution in [3.63, 3.8) is 0 Å². The Bertz CT molecular complexity index is 1150. The Labute approximate surface area is 201 Å². The van der Waals surface area contributed by atoms with E-state index in [1.807, 2.05) is 30.5 Å². The minimum Gasteiger partial charge on any atom is -0.469 e. The van der Waals surface area contributed by atoms with Crippen molar-refractivity contribution in [2.24, 2.45) is 11.3 Å². The van der Waals surface area contributed by atoms with Gasteiger partial charge in [0.15, 0.2) is 0 Å². The van der Waals surface area contributed by atoms with Gasteiger partial charge >= 0.3 is 5.97 Å². The highest BCUT2D eigenvalue weighted by atomic mass is 16.5. The molecule has 2 heterocycles. The zero-order valence-electron chi connectivity index (χ0n) is 20.1. The number of nitrogens with one attached hydrogen (secondary N) is 1. The van der Waals surface area contributed by atoms with Crippen molar-refractivity contribution >= 4 is 5.97 Å². The zero-order valence-corrected chi connectivity index (χ0v) is 20.1. The van der Waals surface area contributed by atoms with Crippen molar-refractivity contribution in [3.05, 3.63) is 89.0 Å². The highest BCUT2D eigenvalue weighted by molar-refractivity contribution is 5.78. The van der Waals surface area contributed by atoms with Crippen LogP contribution in [0.3, 0.4) is 0 Å². The molecule has 3 unspecified atom stereocenters. The fourth-order valence-electron chi connectivity index (χ4n) is 5.36. The van der Waals surface area contributed by atoms with Crippen LogP contribution in [0.25, 0.3) is 0 Å². The number of methoxy groups -OCH3 is 1. The summed E-state index contributed by atoms with van der Waals surface area (Å²) in [6.07, 6.45) is 5.68. The van der Waals surface area contributed by atoms with E-state index in [0.717, 1.165) is 36.3 Å². The van der Waals surface area contributed by atoms with Crippen LogP contribution in [0, 0.1) is 29.6 Å². The number of aromatic nitrogens is 2. The van der Waals surface area contributed by atoms with E-state index in [0.29, 0.717) is 18.4 Å². The van der Waals surface area contributed by atoms with Crippen LogP contribution >= 0.6 is 0 Å². The van der Waals surface area contributed by atoms with Gasteiger partial charge in [-0.1, -0.05) is 42.0 Å². The summed E-state index contributed by atoms with van der Waals surface area (Å²) >= 11 is 0. The van der Waals surface area contributed by atoms with Gasteiger partial charge in [-0.15, -0.1) is 0 Å². The molecule has 1 aliphatic rings. The summed E-state index contributed by atoms with van der Waals surface area (Å²) in [5.74, 6) is -0.0889. The van der Waals surface area contributed by atoms with Crippen LogP contribution in [0.2, 0.25) is 0 Å². The number of hydrogen-bond acceptors (Lipinski definition) is 5. The Morgan fingerprint density at radius 1 is 1.29 bits per heavy atom. The van der Waals surface area contributed by atoms with Crippen molar-refractivity contribution in [2.45, 2.75) is 39.2 Å². The summed E-state index contributed by atoms with van der Waals surface area (Å²) in [5.41, 5.74) is 4.55. The van der Waals surface area contributed by atoms with Crippen molar-refractivity contribution in [3.8, 4) is 6.07 Å². The molecule has 1 aromatic heterocycles. The van der Waals surface area contributed by atoms with Gasteiger partial charge in [0, 0.05) is 18.8 Å². The van der Waals surface area contributed by atoms with E-state index in [9.17, 15) is 10.1 Å².